The fraction of sp³-hybridized carbons (Fsp3) is 0.471. The number of benzene rings is 1. The summed E-state index contributed by atoms with van der Waals surface area (Å²) in [7, 11) is 0. The third-order valence-corrected chi connectivity index (χ3v) is 4.42. The summed E-state index contributed by atoms with van der Waals surface area (Å²) >= 11 is 0. The maximum atomic E-state index is 12.4. The van der Waals surface area contributed by atoms with Crippen LogP contribution in [0, 0.1) is 0 Å². The SMILES string of the molecule is CC(C(=O)NCCN1CCOCC1)N1C(=O)c2ccccc2C1=O. The fourth-order valence-corrected chi connectivity index (χ4v) is 2.99. The average Bonchev–Trinajstić information content (AvgIpc) is 2.86. The van der Waals surface area contributed by atoms with E-state index in [-0.39, 0.29) is 5.91 Å². The number of hydrogen-bond acceptors (Lipinski definition) is 5. The van der Waals surface area contributed by atoms with Crippen molar-refractivity contribution in [3.8, 4) is 0 Å². The molecule has 0 saturated carbocycles. The van der Waals surface area contributed by atoms with Crippen LogP contribution in [-0.2, 0) is 9.53 Å². The van der Waals surface area contributed by atoms with Gasteiger partial charge in [-0.15, -0.1) is 0 Å². The van der Waals surface area contributed by atoms with E-state index < -0.39 is 17.9 Å². The molecule has 24 heavy (non-hydrogen) atoms. The topological polar surface area (TPSA) is 79.0 Å². The summed E-state index contributed by atoms with van der Waals surface area (Å²) in [5.41, 5.74) is 0.714. The van der Waals surface area contributed by atoms with Crippen molar-refractivity contribution in [2.45, 2.75) is 13.0 Å². The van der Waals surface area contributed by atoms with Crippen LogP contribution in [0.3, 0.4) is 0 Å². The quantitative estimate of drug-likeness (QED) is 0.776. The van der Waals surface area contributed by atoms with Gasteiger partial charge in [0.05, 0.1) is 24.3 Å². The lowest BCUT2D eigenvalue weighted by Gasteiger charge is -2.27. The second-order valence-corrected chi connectivity index (χ2v) is 5.95. The largest absolute Gasteiger partial charge is 0.379 e. The zero-order valence-corrected chi connectivity index (χ0v) is 13.7. The Morgan fingerprint density at radius 2 is 1.75 bits per heavy atom. The molecule has 1 aromatic rings. The van der Waals surface area contributed by atoms with Gasteiger partial charge in [-0.2, -0.15) is 0 Å². The monoisotopic (exact) mass is 331 g/mol. The number of imide groups is 1. The highest BCUT2D eigenvalue weighted by Crippen LogP contribution is 2.24. The molecule has 2 heterocycles. The summed E-state index contributed by atoms with van der Waals surface area (Å²) in [4.78, 5) is 40.3. The van der Waals surface area contributed by atoms with Gasteiger partial charge in [0.2, 0.25) is 5.91 Å². The molecular formula is C17H21N3O4. The minimum atomic E-state index is -0.831. The normalized spacial score (nSPS) is 19.3. The smallest absolute Gasteiger partial charge is 0.262 e. The van der Waals surface area contributed by atoms with Gasteiger partial charge in [-0.3, -0.25) is 24.2 Å². The van der Waals surface area contributed by atoms with E-state index in [2.05, 4.69) is 10.2 Å². The van der Waals surface area contributed by atoms with Gasteiger partial charge in [0, 0.05) is 26.2 Å². The first-order valence-corrected chi connectivity index (χ1v) is 8.14. The van der Waals surface area contributed by atoms with E-state index in [0.717, 1.165) is 24.5 Å². The first-order chi connectivity index (χ1) is 11.6. The lowest BCUT2D eigenvalue weighted by molar-refractivity contribution is -0.124. The number of nitrogens with one attached hydrogen (secondary N) is 1. The molecule has 7 heteroatoms. The van der Waals surface area contributed by atoms with E-state index in [1.54, 1.807) is 31.2 Å². The highest BCUT2D eigenvalue weighted by atomic mass is 16.5. The van der Waals surface area contributed by atoms with Crippen LogP contribution in [-0.4, -0.2) is 73.0 Å². The van der Waals surface area contributed by atoms with Gasteiger partial charge in [-0.1, -0.05) is 12.1 Å². The Morgan fingerprint density at radius 3 is 2.33 bits per heavy atom. The average molecular weight is 331 g/mol. The minimum absolute atomic E-state index is 0.322. The van der Waals surface area contributed by atoms with Crippen LogP contribution in [0.1, 0.15) is 27.6 Å². The number of rotatable bonds is 5. The van der Waals surface area contributed by atoms with Crippen LogP contribution in [0.2, 0.25) is 0 Å². The van der Waals surface area contributed by atoms with Crippen molar-refractivity contribution in [1.82, 2.24) is 15.1 Å². The molecule has 1 unspecified atom stereocenters. The van der Waals surface area contributed by atoms with Crippen LogP contribution in [0.15, 0.2) is 24.3 Å². The molecule has 3 rings (SSSR count). The Balaban J connectivity index is 1.56. The summed E-state index contributed by atoms with van der Waals surface area (Å²) in [6, 6.07) is 5.81. The van der Waals surface area contributed by atoms with Crippen molar-refractivity contribution in [2.75, 3.05) is 39.4 Å². The van der Waals surface area contributed by atoms with Gasteiger partial charge in [0.25, 0.3) is 11.8 Å². The Bertz CT molecular complexity index is 620. The number of ether oxygens (including phenoxy) is 1. The number of carbonyl (C=O) groups excluding carboxylic acids is 3. The molecule has 3 amide bonds. The standard InChI is InChI=1S/C17H21N3O4/c1-12(15(21)18-6-7-19-8-10-24-11-9-19)20-16(22)13-4-2-3-5-14(13)17(20)23/h2-5,12H,6-11H2,1H3,(H,18,21). The van der Waals surface area contributed by atoms with Crippen molar-refractivity contribution in [2.24, 2.45) is 0 Å². The molecule has 1 fully saturated rings. The third-order valence-electron chi connectivity index (χ3n) is 4.42. The van der Waals surface area contributed by atoms with Crippen LogP contribution >= 0.6 is 0 Å². The first-order valence-electron chi connectivity index (χ1n) is 8.14. The van der Waals surface area contributed by atoms with Crippen LogP contribution < -0.4 is 5.32 Å². The maximum absolute atomic E-state index is 12.4. The zero-order chi connectivity index (χ0) is 17.1. The van der Waals surface area contributed by atoms with E-state index in [1.807, 2.05) is 0 Å². The highest BCUT2D eigenvalue weighted by molar-refractivity contribution is 6.22. The Morgan fingerprint density at radius 1 is 1.17 bits per heavy atom. The van der Waals surface area contributed by atoms with Crippen LogP contribution in [0.25, 0.3) is 0 Å². The Labute approximate surface area is 140 Å². The number of hydrogen-bond donors (Lipinski definition) is 1. The molecular weight excluding hydrogens is 310 g/mol. The predicted molar refractivity (Wildman–Crippen MR) is 86.7 cm³/mol. The molecule has 7 nitrogen and oxygen atoms in total. The van der Waals surface area contributed by atoms with Crippen LogP contribution in [0.4, 0.5) is 0 Å². The Hall–Kier alpha value is -2.25. The number of amides is 3. The van der Waals surface area contributed by atoms with Gasteiger partial charge in [0.1, 0.15) is 6.04 Å². The summed E-state index contributed by atoms with van der Waals surface area (Å²) in [5, 5.41) is 2.81. The van der Waals surface area contributed by atoms with E-state index in [0.29, 0.717) is 30.9 Å². The molecule has 2 aliphatic heterocycles. The van der Waals surface area contributed by atoms with Gasteiger partial charge < -0.3 is 10.1 Å². The van der Waals surface area contributed by atoms with Gasteiger partial charge >= 0.3 is 0 Å². The molecule has 1 saturated heterocycles. The van der Waals surface area contributed by atoms with Crippen molar-refractivity contribution < 1.29 is 19.1 Å². The number of nitrogens with zero attached hydrogens (tertiary/aromatic N) is 2. The number of fused-ring (bicyclic) bond motifs is 1. The molecule has 1 aromatic carbocycles. The Kier molecular flexibility index (Phi) is 4.92. The molecule has 1 N–H and O–H groups in total. The molecule has 0 aliphatic carbocycles. The van der Waals surface area contributed by atoms with Crippen molar-refractivity contribution >= 4 is 17.7 Å². The molecule has 1 atom stereocenters. The van der Waals surface area contributed by atoms with Gasteiger partial charge in [-0.25, -0.2) is 0 Å². The molecule has 0 radical (unpaired) electrons. The lowest BCUT2D eigenvalue weighted by Crippen LogP contribution is -2.49. The zero-order valence-electron chi connectivity index (χ0n) is 13.7. The predicted octanol–water partition coefficient (Wildman–Crippen LogP) is 0.120. The molecule has 0 aromatic heterocycles. The van der Waals surface area contributed by atoms with Crippen LogP contribution in [0.5, 0.6) is 0 Å². The van der Waals surface area contributed by atoms with E-state index in [4.69, 9.17) is 4.74 Å². The molecule has 0 spiro atoms. The van der Waals surface area contributed by atoms with E-state index in [9.17, 15) is 14.4 Å². The number of carbonyl (C=O) groups is 3. The highest BCUT2D eigenvalue weighted by Gasteiger charge is 2.40. The first kappa shape index (κ1) is 16.6. The van der Waals surface area contributed by atoms with Crippen molar-refractivity contribution in [3.63, 3.8) is 0 Å². The second-order valence-electron chi connectivity index (χ2n) is 5.95. The molecule has 2 aliphatic rings. The van der Waals surface area contributed by atoms with Crippen molar-refractivity contribution in [3.05, 3.63) is 35.4 Å². The fourth-order valence-electron chi connectivity index (χ4n) is 2.99. The summed E-state index contributed by atoms with van der Waals surface area (Å²) in [5.74, 6) is -1.14. The molecule has 128 valence electrons. The van der Waals surface area contributed by atoms with Crippen molar-refractivity contribution in [1.29, 1.82) is 0 Å². The lowest BCUT2D eigenvalue weighted by atomic mass is 10.1. The third kappa shape index (κ3) is 3.18. The molecule has 0 bridgehead atoms. The minimum Gasteiger partial charge on any atom is -0.379 e. The van der Waals surface area contributed by atoms with Gasteiger partial charge in [0.15, 0.2) is 0 Å². The second kappa shape index (κ2) is 7.11. The van der Waals surface area contributed by atoms with E-state index in [1.165, 1.54) is 0 Å². The maximum Gasteiger partial charge on any atom is 0.262 e. The summed E-state index contributed by atoms with van der Waals surface area (Å²) < 4.78 is 5.28. The van der Waals surface area contributed by atoms with Gasteiger partial charge in [-0.05, 0) is 19.1 Å². The summed E-state index contributed by atoms with van der Waals surface area (Å²) in [6.07, 6.45) is 0. The van der Waals surface area contributed by atoms with E-state index >= 15 is 0 Å². The number of morpholine rings is 1. The summed E-state index contributed by atoms with van der Waals surface area (Å²) in [6.45, 7) is 5.90.